The van der Waals surface area contributed by atoms with Gasteiger partial charge in [-0.3, -0.25) is 9.78 Å². The van der Waals surface area contributed by atoms with Gasteiger partial charge in [-0.05, 0) is 33.6 Å². The lowest BCUT2D eigenvalue weighted by Gasteiger charge is -2.30. The minimum atomic E-state index is -0.0799. The highest BCUT2D eigenvalue weighted by atomic mass is 79.9. The molecule has 0 aliphatic carbocycles. The molecule has 21 heavy (non-hydrogen) atoms. The summed E-state index contributed by atoms with van der Waals surface area (Å²) in [5.41, 5.74) is 1.72. The lowest BCUT2D eigenvalue weighted by molar-refractivity contribution is -0.121. The first-order valence-corrected chi connectivity index (χ1v) is 7.18. The third-order valence-electron chi connectivity index (χ3n) is 3.27. The molecule has 1 aliphatic heterocycles. The van der Waals surface area contributed by atoms with Crippen molar-refractivity contribution in [2.45, 2.75) is 6.54 Å². The van der Waals surface area contributed by atoms with Gasteiger partial charge >= 0.3 is 0 Å². The molecular formula is C15H13BrN2O3. The van der Waals surface area contributed by atoms with Gasteiger partial charge in [-0.15, -0.1) is 0 Å². The van der Waals surface area contributed by atoms with Crippen molar-refractivity contribution >= 4 is 27.5 Å². The minimum Gasteiger partial charge on any atom is -0.495 e. The number of carbonyl (C=O) groups excluding carboxylic acids is 1. The first-order valence-electron chi connectivity index (χ1n) is 6.38. The second kappa shape index (κ2) is 5.73. The van der Waals surface area contributed by atoms with Gasteiger partial charge in [0, 0.05) is 24.5 Å². The predicted molar refractivity (Wildman–Crippen MR) is 81.6 cm³/mol. The van der Waals surface area contributed by atoms with E-state index in [9.17, 15) is 4.79 Å². The van der Waals surface area contributed by atoms with E-state index in [2.05, 4.69) is 20.9 Å². The van der Waals surface area contributed by atoms with Crippen LogP contribution in [0.5, 0.6) is 11.5 Å². The molecule has 5 nitrogen and oxygen atoms in total. The van der Waals surface area contributed by atoms with Crippen LogP contribution in [0.4, 0.5) is 5.69 Å². The number of halogens is 1. The molecule has 1 aromatic heterocycles. The van der Waals surface area contributed by atoms with E-state index in [1.54, 1.807) is 30.5 Å². The van der Waals surface area contributed by atoms with Gasteiger partial charge in [0.15, 0.2) is 6.61 Å². The molecule has 0 saturated carbocycles. The Labute approximate surface area is 130 Å². The first-order chi connectivity index (χ1) is 10.2. The van der Waals surface area contributed by atoms with E-state index in [1.165, 1.54) is 0 Å². The maximum absolute atomic E-state index is 12.2. The minimum absolute atomic E-state index is 0.0385. The Morgan fingerprint density at radius 3 is 2.86 bits per heavy atom. The van der Waals surface area contributed by atoms with Crippen molar-refractivity contribution in [2.75, 3.05) is 18.6 Å². The van der Waals surface area contributed by atoms with Gasteiger partial charge in [-0.1, -0.05) is 0 Å². The number of fused-ring (bicyclic) bond motifs is 1. The van der Waals surface area contributed by atoms with Crippen molar-refractivity contribution in [1.29, 1.82) is 0 Å². The molecule has 0 spiro atoms. The maximum Gasteiger partial charge on any atom is 0.265 e. The first kappa shape index (κ1) is 13.9. The predicted octanol–water partition coefficient (Wildman–Crippen LogP) is 2.78. The van der Waals surface area contributed by atoms with Crippen LogP contribution in [0.3, 0.4) is 0 Å². The molecule has 0 saturated heterocycles. The molecule has 0 radical (unpaired) electrons. The van der Waals surface area contributed by atoms with E-state index in [-0.39, 0.29) is 12.5 Å². The Morgan fingerprint density at radius 1 is 1.38 bits per heavy atom. The number of anilines is 1. The number of ether oxygens (including phenoxy) is 2. The lowest BCUT2D eigenvalue weighted by atomic mass is 10.2. The number of amides is 1. The molecule has 0 N–H and O–H groups in total. The summed E-state index contributed by atoms with van der Waals surface area (Å²) >= 11 is 3.42. The molecule has 1 amide bonds. The molecule has 0 bridgehead atoms. The summed E-state index contributed by atoms with van der Waals surface area (Å²) in [5, 5.41) is 0. The van der Waals surface area contributed by atoms with Gasteiger partial charge in [-0.2, -0.15) is 0 Å². The third-order valence-corrected chi connectivity index (χ3v) is 3.89. The van der Waals surface area contributed by atoms with Crippen LogP contribution >= 0.6 is 15.9 Å². The number of hydrogen-bond donors (Lipinski definition) is 0. The molecule has 6 heteroatoms. The zero-order valence-electron chi connectivity index (χ0n) is 11.4. The molecule has 3 rings (SSSR count). The van der Waals surface area contributed by atoms with E-state index in [1.807, 2.05) is 18.2 Å². The molecular weight excluding hydrogens is 336 g/mol. The number of pyridine rings is 1. The Morgan fingerprint density at radius 2 is 2.14 bits per heavy atom. The van der Waals surface area contributed by atoms with Crippen molar-refractivity contribution in [1.82, 2.24) is 4.98 Å². The molecule has 1 aliphatic rings. The van der Waals surface area contributed by atoms with Gasteiger partial charge in [0.25, 0.3) is 5.91 Å². The van der Waals surface area contributed by atoms with Gasteiger partial charge in [0.05, 0.1) is 23.8 Å². The number of aromatic nitrogens is 1. The summed E-state index contributed by atoms with van der Waals surface area (Å²) in [4.78, 5) is 17.9. The summed E-state index contributed by atoms with van der Waals surface area (Å²) in [6.07, 6.45) is 3.42. The summed E-state index contributed by atoms with van der Waals surface area (Å²) in [6, 6.07) is 7.40. The highest BCUT2D eigenvalue weighted by Crippen LogP contribution is 2.40. The van der Waals surface area contributed by atoms with E-state index < -0.39 is 0 Å². The quantitative estimate of drug-likeness (QED) is 0.855. The monoisotopic (exact) mass is 348 g/mol. The van der Waals surface area contributed by atoms with E-state index in [0.29, 0.717) is 23.7 Å². The molecule has 0 unspecified atom stereocenters. The van der Waals surface area contributed by atoms with Gasteiger partial charge in [-0.25, -0.2) is 0 Å². The summed E-state index contributed by atoms with van der Waals surface area (Å²) in [6.45, 7) is 0.513. The maximum atomic E-state index is 12.2. The van der Waals surface area contributed by atoms with Crippen molar-refractivity contribution < 1.29 is 14.3 Å². The van der Waals surface area contributed by atoms with E-state index >= 15 is 0 Å². The van der Waals surface area contributed by atoms with Gasteiger partial charge in [0.1, 0.15) is 11.5 Å². The van der Waals surface area contributed by atoms with Crippen LogP contribution in [0.2, 0.25) is 0 Å². The fourth-order valence-electron chi connectivity index (χ4n) is 2.20. The van der Waals surface area contributed by atoms with Crippen LogP contribution in [0, 0.1) is 0 Å². The lowest BCUT2D eigenvalue weighted by Crippen LogP contribution is -2.38. The van der Waals surface area contributed by atoms with Crippen LogP contribution < -0.4 is 14.4 Å². The van der Waals surface area contributed by atoms with Gasteiger partial charge < -0.3 is 14.4 Å². The molecule has 0 atom stereocenters. The summed E-state index contributed by atoms with van der Waals surface area (Å²) in [5.74, 6) is 1.24. The van der Waals surface area contributed by atoms with Crippen molar-refractivity contribution in [3.05, 3.63) is 46.7 Å². The molecule has 0 fully saturated rings. The van der Waals surface area contributed by atoms with Crippen molar-refractivity contribution in [2.24, 2.45) is 0 Å². The molecule has 2 heterocycles. The number of carbonyl (C=O) groups is 1. The van der Waals surface area contributed by atoms with Crippen LogP contribution in [-0.2, 0) is 11.3 Å². The van der Waals surface area contributed by atoms with Gasteiger partial charge in [0.2, 0.25) is 0 Å². The largest absolute Gasteiger partial charge is 0.495 e. The summed E-state index contributed by atoms with van der Waals surface area (Å²) < 4.78 is 11.6. The fourth-order valence-corrected chi connectivity index (χ4v) is 2.69. The fraction of sp³-hybridized carbons (Fsp3) is 0.200. The SMILES string of the molecule is COc1cc2c(cc1Br)OCC(=O)N2Cc1ccncc1. The Bertz CT molecular complexity index is 676. The standard InChI is InChI=1S/C15H13BrN2O3/c1-20-13-7-12-14(6-11(13)16)21-9-15(19)18(12)8-10-2-4-17-5-3-10/h2-7H,8-9H2,1H3. The average Bonchev–Trinajstić information content (AvgIpc) is 2.51. The number of hydrogen-bond acceptors (Lipinski definition) is 4. The third kappa shape index (κ3) is 2.71. The molecule has 108 valence electrons. The highest BCUT2D eigenvalue weighted by molar-refractivity contribution is 9.10. The van der Waals surface area contributed by atoms with Crippen molar-refractivity contribution in [3.8, 4) is 11.5 Å². The zero-order chi connectivity index (χ0) is 14.8. The number of nitrogens with zero attached hydrogens (tertiary/aromatic N) is 2. The number of benzene rings is 1. The molecule has 1 aromatic carbocycles. The highest BCUT2D eigenvalue weighted by Gasteiger charge is 2.27. The zero-order valence-corrected chi connectivity index (χ0v) is 13.0. The van der Waals surface area contributed by atoms with Crippen LogP contribution in [-0.4, -0.2) is 24.6 Å². The molecule has 2 aromatic rings. The smallest absolute Gasteiger partial charge is 0.265 e. The van der Waals surface area contributed by atoms with Crippen LogP contribution in [0.25, 0.3) is 0 Å². The second-order valence-corrected chi connectivity index (χ2v) is 5.43. The van der Waals surface area contributed by atoms with E-state index in [0.717, 1.165) is 10.0 Å². The Kier molecular flexibility index (Phi) is 3.79. The topological polar surface area (TPSA) is 51.7 Å². The van der Waals surface area contributed by atoms with Crippen LogP contribution in [0.1, 0.15) is 5.56 Å². The van der Waals surface area contributed by atoms with E-state index in [4.69, 9.17) is 9.47 Å². The normalized spacial score (nSPS) is 13.6. The average molecular weight is 349 g/mol. The summed E-state index contributed by atoms with van der Waals surface area (Å²) in [7, 11) is 1.59. The Hall–Kier alpha value is -2.08. The van der Waals surface area contributed by atoms with Crippen LogP contribution in [0.15, 0.2) is 41.1 Å². The second-order valence-electron chi connectivity index (χ2n) is 4.58. The number of methoxy groups -OCH3 is 1. The number of rotatable bonds is 3. The van der Waals surface area contributed by atoms with Crippen molar-refractivity contribution in [3.63, 3.8) is 0 Å². The Balaban J connectivity index is 2.00.